The van der Waals surface area contributed by atoms with Gasteiger partial charge in [0.05, 0.1) is 12.8 Å². The lowest BCUT2D eigenvalue weighted by Gasteiger charge is -2.10. The van der Waals surface area contributed by atoms with E-state index in [0.29, 0.717) is 23.7 Å². The molecular weight excluding hydrogens is 364 g/mol. The van der Waals surface area contributed by atoms with Crippen molar-refractivity contribution in [2.75, 3.05) is 12.4 Å². The average Bonchev–Trinajstić information content (AvgIpc) is 3.17. The molecule has 29 heavy (non-hydrogen) atoms. The maximum Gasteiger partial charge on any atom is 0.272 e. The van der Waals surface area contributed by atoms with Crippen molar-refractivity contribution in [3.8, 4) is 11.5 Å². The van der Waals surface area contributed by atoms with Gasteiger partial charge in [-0.2, -0.15) is 0 Å². The van der Waals surface area contributed by atoms with E-state index in [1.165, 1.54) is 0 Å². The highest BCUT2D eigenvalue weighted by Crippen LogP contribution is 2.27. The minimum Gasteiger partial charge on any atom is -0.495 e. The highest BCUT2D eigenvalue weighted by Gasteiger charge is 2.13. The van der Waals surface area contributed by atoms with Crippen molar-refractivity contribution in [3.63, 3.8) is 0 Å². The molecule has 0 saturated carbocycles. The van der Waals surface area contributed by atoms with Crippen molar-refractivity contribution in [1.29, 1.82) is 0 Å². The second-order valence-electron chi connectivity index (χ2n) is 6.86. The summed E-state index contributed by atoms with van der Waals surface area (Å²) in [5.41, 5.74) is 4.10. The van der Waals surface area contributed by atoms with Gasteiger partial charge in [0.25, 0.3) is 5.91 Å². The van der Waals surface area contributed by atoms with Gasteiger partial charge in [-0.05, 0) is 48.4 Å². The molecule has 0 aliphatic heterocycles. The number of carbonyl (C=O) groups is 1. The van der Waals surface area contributed by atoms with E-state index < -0.39 is 0 Å². The lowest BCUT2D eigenvalue weighted by molar-refractivity contribution is 0.102. The van der Waals surface area contributed by atoms with Crippen LogP contribution in [0.3, 0.4) is 0 Å². The minimum absolute atomic E-state index is 0.225. The van der Waals surface area contributed by atoms with Gasteiger partial charge in [0, 0.05) is 17.0 Å². The monoisotopic (exact) mass is 386 g/mol. The van der Waals surface area contributed by atoms with Crippen molar-refractivity contribution in [1.82, 2.24) is 4.98 Å². The van der Waals surface area contributed by atoms with Crippen molar-refractivity contribution >= 4 is 22.5 Å². The number of hydrogen-bond acceptors (Lipinski definition) is 3. The molecule has 3 aromatic carbocycles. The fourth-order valence-corrected chi connectivity index (χ4v) is 3.17. The van der Waals surface area contributed by atoms with Gasteiger partial charge in [-0.3, -0.25) is 4.79 Å². The number of amides is 1. The summed E-state index contributed by atoms with van der Waals surface area (Å²) in [5.74, 6) is 1.14. The Morgan fingerprint density at radius 1 is 1.00 bits per heavy atom. The van der Waals surface area contributed by atoms with Crippen LogP contribution in [0.4, 0.5) is 5.69 Å². The Morgan fingerprint density at radius 2 is 1.83 bits per heavy atom. The van der Waals surface area contributed by atoms with Crippen LogP contribution >= 0.6 is 0 Å². The molecule has 0 bridgehead atoms. The highest BCUT2D eigenvalue weighted by atomic mass is 16.5. The molecule has 146 valence electrons. The van der Waals surface area contributed by atoms with Gasteiger partial charge in [0.1, 0.15) is 23.8 Å². The summed E-state index contributed by atoms with van der Waals surface area (Å²) in [6.07, 6.45) is 0. The van der Waals surface area contributed by atoms with Gasteiger partial charge in [0.2, 0.25) is 0 Å². The summed E-state index contributed by atoms with van der Waals surface area (Å²) in [7, 11) is 1.58. The number of aromatic nitrogens is 1. The number of ether oxygens (including phenoxy) is 2. The Morgan fingerprint density at radius 3 is 2.62 bits per heavy atom. The number of fused-ring (bicyclic) bond motifs is 1. The molecule has 4 aromatic rings. The van der Waals surface area contributed by atoms with E-state index in [1.54, 1.807) is 7.11 Å². The fourth-order valence-electron chi connectivity index (χ4n) is 3.17. The maximum atomic E-state index is 12.7. The zero-order valence-corrected chi connectivity index (χ0v) is 16.4. The van der Waals surface area contributed by atoms with Gasteiger partial charge in [-0.15, -0.1) is 0 Å². The molecule has 1 aromatic heterocycles. The average molecular weight is 386 g/mol. The smallest absolute Gasteiger partial charge is 0.272 e. The Balaban J connectivity index is 1.51. The molecule has 0 atom stereocenters. The van der Waals surface area contributed by atoms with Crippen LogP contribution in [0.5, 0.6) is 11.5 Å². The van der Waals surface area contributed by atoms with Crippen LogP contribution in [0.1, 0.15) is 21.6 Å². The SMILES string of the molecule is COc1ccc(C)cc1NC(=O)c1cc2ccc(OCc3ccccc3)cc2[nH]1. The fraction of sp³-hybridized carbons (Fsp3) is 0.125. The van der Waals surface area contributed by atoms with Crippen LogP contribution in [0.25, 0.3) is 10.9 Å². The van der Waals surface area contributed by atoms with E-state index in [0.717, 1.165) is 27.8 Å². The highest BCUT2D eigenvalue weighted by molar-refractivity contribution is 6.06. The normalized spacial score (nSPS) is 10.7. The number of carbonyl (C=O) groups excluding carboxylic acids is 1. The predicted molar refractivity (Wildman–Crippen MR) is 115 cm³/mol. The molecule has 0 unspecified atom stereocenters. The largest absolute Gasteiger partial charge is 0.495 e. The molecule has 0 aliphatic rings. The maximum absolute atomic E-state index is 12.7. The number of hydrogen-bond donors (Lipinski definition) is 2. The second-order valence-corrected chi connectivity index (χ2v) is 6.86. The molecule has 2 N–H and O–H groups in total. The topological polar surface area (TPSA) is 63.4 Å². The molecule has 0 saturated heterocycles. The summed E-state index contributed by atoms with van der Waals surface area (Å²) in [5, 5.41) is 3.86. The molecule has 0 aliphatic carbocycles. The van der Waals surface area contributed by atoms with E-state index in [-0.39, 0.29) is 5.91 Å². The number of methoxy groups -OCH3 is 1. The third-order valence-electron chi connectivity index (χ3n) is 4.69. The van der Waals surface area contributed by atoms with E-state index >= 15 is 0 Å². The summed E-state index contributed by atoms with van der Waals surface area (Å²) in [6.45, 7) is 2.46. The van der Waals surface area contributed by atoms with Crippen molar-refractivity contribution < 1.29 is 14.3 Å². The van der Waals surface area contributed by atoms with Gasteiger partial charge >= 0.3 is 0 Å². The number of aryl methyl sites for hydroxylation is 1. The Bertz CT molecular complexity index is 1150. The predicted octanol–water partition coefficient (Wildman–Crippen LogP) is 5.32. The Kier molecular flexibility index (Phi) is 5.20. The van der Waals surface area contributed by atoms with Gasteiger partial charge in [-0.25, -0.2) is 0 Å². The zero-order chi connectivity index (χ0) is 20.2. The van der Waals surface area contributed by atoms with E-state index in [2.05, 4.69) is 10.3 Å². The third kappa shape index (κ3) is 4.24. The molecule has 1 amide bonds. The van der Waals surface area contributed by atoms with Crippen LogP contribution in [0.2, 0.25) is 0 Å². The molecule has 1 heterocycles. The summed E-state index contributed by atoms with van der Waals surface area (Å²) in [6, 6.07) is 23.2. The molecule has 5 nitrogen and oxygen atoms in total. The second kappa shape index (κ2) is 8.10. The van der Waals surface area contributed by atoms with Gasteiger partial charge in [-0.1, -0.05) is 36.4 Å². The first-order valence-electron chi connectivity index (χ1n) is 9.38. The van der Waals surface area contributed by atoms with Crippen LogP contribution in [0.15, 0.2) is 72.8 Å². The third-order valence-corrected chi connectivity index (χ3v) is 4.69. The Labute approximate surface area is 169 Å². The Hall–Kier alpha value is -3.73. The number of rotatable bonds is 6. The van der Waals surface area contributed by atoms with Crippen LogP contribution in [0, 0.1) is 6.92 Å². The lowest BCUT2D eigenvalue weighted by atomic mass is 10.2. The number of nitrogens with one attached hydrogen (secondary N) is 2. The van der Waals surface area contributed by atoms with Crippen molar-refractivity contribution in [2.45, 2.75) is 13.5 Å². The van der Waals surface area contributed by atoms with E-state index in [4.69, 9.17) is 9.47 Å². The van der Waals surface area contributed by atoms with Gasteiger partial charge < -0.3 is 19.8 Å². The first-order valence-corrected chi connectivity index (χ1v) is 9.38. The number of H-pyrrole nitrogens is 1. The standard InChI is InChI=1S/C24H22N2O3/c1-16-8-11-23(28-2)21(12-16)26-24(27)22-13-18-9-10-19(14-20(18)25-22)29-15-17-6-4-3-5-7-17/h3-14,25H,15H2,1-2H3,(H,26,27). The number of benzene rings is 3. The van der Waals surface area contributed by atoms with Crippen molar-refractivity contribution in [2.24, 2.45) is 0 Å². The summed E-state index contributed by atoms with van der Waals surface area (Å²) >= 11 is 0. The van der Waals surface area contributed by atoms with E-state index in [1.807, 2.05) is 79.7 Å². The molecule has 4 rings (SSSR count). The zero-order valence-electron chi connectivity index (χ0n) is 16.4. The summed E-state index contributed by atoms with van der Waals surface area (Å²) < 4.78 is 11.2. The quantitative estimate of drug-likeness (QED) is 0.472. The minimum atomic E-state index is -0.225. The number of aromatic amines is 1. The first-order chi connectivity index (χ1) is 14.1. The lowest BCUT2D eigenvalue weighted by Crippen LogP contribution is -2.13. The van der Waals surface area contributed by atoms with Gasteiger partial charge in [0.15, 0.2) is 0 Å². The van der Waals surface area contributed by atoms with E-state index in [9.17, 15) is 4.79 Å². The van der Waals surface area contributed by atoms with Crippen LogP contribution in [-0.2, 0) is 6.61 Å². The molecular formula is C24H22N2O3. The molecule has 0 fully saturated rings. The molecule has 0 spiro atoms. The van der Waals surface area contributed by atoms with Crippen LogP contribution in [-0.4, -0.2) is 18.0 Å². The number of anilines is 1. The van der Waals surface area contributed by atoms with Crippen molar-refractivity contribution in [3.05, 3.63) is 89.6 Å². The molecule has 5 heteroatoms. The first kappa shape index (κ1) is 18.6. The molecule has 0 radical (unpaired) electrons. The summed E-state index contributed by atoms with van der Waals surface area (Å²) in [4.78, 5) is 15.9. The van der Waals surface area contributed by atoms with Crippen LogP contribution < -0.4 is 14.8 Å².